The molecular weight excluding hydrogens is 361 g/mol. The van der Waals surface area contributed by atoms with Crippen molar-refractivity contribution in [3.63, 3.8) is 0 Å². The predicted octanol–water partition coefficient (Wildman–Crippen LogP) is 4.29. The maximum Gasteiger partial charge on any atom is 0.231 e. The van der Waals surface area contributed by atoms with Crippen molar-refractivity contribution < 1.29 is 23.4 Å². The van der Waals surface area contributed by atoms with Crippen LogP contribution in [0.3, 0.4) is 0 Å². The highest BCUT2D eigenvalue weighted by Gasteiger charge is 2.28. The van der Waals surface area contributed by atoms with Gasteiger partial charge in [-0.1, -0.05) is 30.3 Å². The SMILES string of the molecule is O=C1c2cc(F)c(NCc3ccccc3)cc2COc2cc3c(cc21)OCO3. The summed E-state index contributed by atoms with van der Waals surface area (Å²) in [4.78, 5) is 13.0. The Morgan fingerprint density at radius 2 is 1.68 bits per heavy atom. The van der Waals surface area contributed by atoms with Gasteiger partial charge in [-0.15, -0.1) is 0 Å². The van der Waals surface area contributed by atoms with Crippen LogP contribution in [0.4, 0.5) is 10.1 Å². The van der Waals surface area contributed by atoms with Crippen LogP contribution in [0.2, 0.25) is 0 Å². The Labute approximate surface area is 160 Å². The van der Waals surface area contributed by atoms with Gasteiger partial charge in [-0.05, 0) is 23.8 Å². The minimum atomic E-state index is -0.479. The first-order valence-electron chi connectivity index (χ1n) is 8.90. The summed E-state index contributed by atoms with van der Waals surface area (Å²) in [5.74, 6) is 0.654. The maximum atomic E-state index is 14.7. The molecule has 2 aliphatic rings. The average Bonchev–Trinajstić information content (AvgIpc) is 3.14. The number of halogens is 1. The van der Waals surface area contributed by atoms with Crippen LogP contribution < -0.4 is 19.5 Å². The summed E-state index contributed by atoms with van der Waals surface area (Å²) in [7, 11) is 0. The molecule has 2 heterocycles. The second-order valence-corrected chi connectivity index (χ2v) is 6.65. The third kappa shape index (κ3) is 2.83. The Kier molecular flexibility index (Phi) is 3.90. The van der Waals surface area contributed by atoms with E-state index in [1.54, 1.807) is 18.2 Å². The minimum Gasteiger partial charge on any atom is -0.488 e. The first-order valence-corrected chi connectivity index (χ1v) is 8.90. The first kappa shape index (κ1) is 16.6. The first-order chi connectivity index (χ1) is 13.7. The lowest BCUT2D eigenvalue weighted by atomic mass is 9.98. The smallest absolute Gasteiger partial charge is 0.231 e. The van der Waals surface area contributed by atoms with Gasteiger partial charge in [-0.25, -0.2) is 4.39 Å². The van der Waals surface area contributed by atoms with E-state index in [0.29, 0.717) is 46.2 Å². The number of nitrogens with one attached hydrogen (secondary N) is 1. The van der Waals surface area contributed by atoms with Gasteiger partial charge in [0.25, 0.3) is 0 Å². The molecule has 0 radical (unpaired) electrons. The number of hydrogen-bond acceptors (Lipinski definition) is 5. The second kappa shape index (κ2) is 6.56. The van der Waals surface area contributed by atoms with Gasteiger partial charge in [-0.2, -0.15) is 0 Å². The number of ether oxygens (including phenoxy) is 3. The van der Waals surface area contributed by atoms with Gasteiger partial charge < -0.3 is 19.5 Å². The van der Waals surface area contributed by atoms with E-state index in [9.17, 15) is 9.18 Å². The number of rotatable bonds is 3. The van der Waals surface area contributed by atoms with E-state index in [0.717, 1.165) is 5.56 Å². The van der Waals surface area contributed by atoms with Crippen LogP contribution in [-0.2, 0) is 13.2 Å². The topological polar surface area (TPSA) is 56.8 Å². The van der Waals surface area contributed by atoms with Crippen molar-refractivity contribution in [2.75, 3.05) is 12.1 Å². The van der Waals surface area contributed by atoms with Crippen LogP contribution in [-0.4, -0.2) is 12.6 Å². The van der Waals surface area contributed by atoms with Crippen molar-refractivity contribution in [3.8, 4) is 17.2 Å². The number of hydrogen-bond donors (Lipinski definition) is 1. The van der Waals surface area contributed by atoms with Crippen molar-refractivity contribution in [3.05, 3.63) is 82.7 Å². The minimum absolute atomic E-state index is 0.105. The Morgan fingerprint density at radius 3 is 2.50 bits per heavy atom. The highest BCUT2D eigenvalue weighted by atomic mass is 19.1. The average molecular weight is 377 g/mol. The molecule has 3 aromatic rings. The van der Waals surface area contributed by atoms with E-state index in [4.69, 9.17) is 14.2 Å². The van der Waals surface area contributed by atoms with E-state index in [1.807, 2.05) is 30.3 Å². The molecule has 0 saturated heterocycles. The summed E-state index contributed by atoms with van der Waals surface area (Å²) in [6.45, 7) is 0.745. The lowest BCUT2D eigenvalue weighted by Crippen LogP contribution is -2.07. The molecule has 0 saturated carbocycles. The number of carbonyl (C=O) groups excluding carboxylic acids is 1. The lowest BCUT2D eigenvalue weighted by molar-refractivity contribution is 0.103. The number of carbonyl (C=O) groups is 1. The van der Waals surface area contributed by atoms with Crippen LogP contribution in [0.5, 0.6) is 17.2 Å². The van der Waals surface area contributed by atoms with Crippen LogP contribution in [0.1, 0.15) is 27.0 Å². The fourth-order valence-corrected chi connectivity index (χ4v) is 3.40. The standard InChI is InChI=1S/C22H16FNO4/c23-17-7-15-14(6-18(17)24-10-13-4-2-1-3-5-13)11-26-19-9-21-20(27-12-28-21)8-16(19)22(15)25/h1-9,24H,10-12H2. The number of benzene rings is 3. The van der Waals surface area contributed by atoms with Crippen molar-refractivity contribution in [1.82, 2.24) is 0 Å². The molecule has 140 valence electrons. The van der Waals surface area contributed by atoms with Crippen molar-refractivity contribution >= 4 is 11.5 Å². The monoisotopic (exact) mass is 377 g/mol. The summed E-state index contributed by atoms with van der Waals surface area (Å²) < 4.78 is 31.2. The van der Waals surface area contributed by atoms with Crippen molar-refractivity contribution in [2.24, 2.45) is 0 Å². The van der Waals surface area contributed by atoms with Crippen LogP contribution in [0, 0.1) is 5.82 Å². The maximum absolute atomic E-state index is 14.7. The fraction of sp³-hybridized carbons (Fsp3) is 0.136. The van der Waals surface area contributed by atoms with E-state index in [2.05, 4.69) is 5.32 Å². The zero-order valence-electron chi connectivity index (χ0n) is 14.8. The van der Waals surface area contributed by atoms with Gasteiger partial charge >= 0.3 is 0 Å². The van der Waals surface area contributed by atoms with Gasteiger partial charge in [0.1, 0.15) is 18.2 Å². The Hall–Kier alpha value is -3.54. The molecule has 28 heavy (non-hydrogen) atoms. The highest BCUT2D eigenvalue weighted by molar-refractivity contribution is 6.12. The van der Waals surface area contributed by atoms with Gasteiger partial charge in [0.2, 0.25) is 6.79 Å². The molecule has 0 amide bonds. The molecule has 5 nitrogen and oxygen atoms in total. The van der Waals surface area contributed by atoms with E-state index in [-0.39, 0.29) is 19.2 Å². The summed E-state index contributed by atoms with van der Waals surface area (Å²) >= 11 is 0. The molecular formula is C22H16FNO4. The van der Waals surface area contributed by atoms with Gasteiger partial charge in [0.15, 0.2) is 17.3 Å². The van der Waals surface area contributed by atoms with Crippen LogP contribution in [0.25, 0.3) is 0 Å². The molecule has 0 fully saturated rings. The molecule has 0 atom stereocenters. The molecule has 1 N–H and O–H groups in total. The quantitative estimate of drug-likeness (QED) is 0.738. The van der Waals surface area contributed by atoms with Crippen molar-refractivity contribution in [2.45, 2.75) is 13.2 Å². The van der Waals surface area contributed by atoms with E-state index >= 15 is 0 Å². The van der Waals surface area contributed by atoms with Crippen molar-refractivity contribution in [1.29, 1.82) is 0 Å². The largest absolute Gasteiger partial charge is 0.488 e. The molecule has 2 aliphatic heterocycles. The second-order valence-electron chi connectivity index (χ2n) is 6.65. The molecule has 0 spiro atoms. The number of fused-ring (bicyclic) bond motifs is 3. The zero-order valence-corrected chi connectivity index (χ0v) is 14.8. The van der Waals surface area contributed by atoms with Gasteiger partial charge in [0.05, 0.1) is 11.3 Å². The molecule has 0 aliphatic carbocycles. The third-order valence-corrected chi connectivity index (χ3v) is 4.87. The summed E-state index contributed by atoms with van der Waals surface area (Å²) in [6.07, 6.45) is 0. The van der Waals surface area contributed by atoms with Gasteiger partial charge in [0, 0.05) is 23.7 Å². The molecule has 3 aromatic carbocycles. The molecule has 0 unspecified atom stereocenters. The highest BCUT2D eigenvalue weighted by Crippen LogP contribution is 2.41. The summed E-state index contributed by atoms with van der Waals surface area (Å²) in [5.41, 5.74) is 2.62. The molecule has 0 bridgehead atoms. The summed E-state index contributed by atoms with van der Waals surface area (Å²) in [6, 6.07) is 15.9. The molecule has 5 rings (SSSR count). The summed E-state index contributed by atoms with van der Waals surface area (Å²) in [5, 5.41) is 3.09. The Morgan fingerprint density at radius 1 is 0.893 bits per heavy atom. The number of ketones is 1. The molecule has 0 aromatic heterocycles. The lowest BCUT2D eigenvalue weighted by Gasteiger charge is -2.12. The third-order valence-electron chi connectivity index (χ3n) is 4.87. The Balaban J connectivity index is 1.47. The zero-order chi connectivity index (χ0) is 19.1. The normalized spacial score (nSPS) is 14.0. The van der Waals surface area contributed by atoms with E-state index < -0.39 is 5.82 Å². The van der Waals surface area contributed by atoms with Gasteiger partial charge in [-0.3, -0.25) is 4.79 Å². The predicted molar refractivity (Wildman–Crippen MR) is 100 cm³/mol. The van der Waals surface area contributed by atoms with Crippen LogP contribution >= 0.6 is 0 Å². The Bertz CT molecular complexity index is 1080. The number of anilines is 1. The fourth-order valence-electron chi connectivity index (χ4n) is 3.40. The molecule has 6 heteroatoms. The van der Waals surface area contributed by atoms with E-state index in [1.165, 1.54) is 6.07 Å². The van der Waals surface area contributed by atoms with Crippen LogP contribution in [0.15, 0.2) is 54.6 Å².